The van der Waals surface area contributed by atoms with Gasteiger partial charge in [0.25, 0.3) is 0 Å². The first kappa shape index (κ1) is 9.20. The lowest BCUT2D eigenvalue weighted by molar-refractivity contribution is 0.222. The topological polar surface area (TPSA) is 28.0 Å². The summed E-state index contributed by atoms with van der Waals surface area (Å²) in [5.41, 5.74) is 2.64. The van der Waals surface area contributed by atoms with Crippen molar-refractivity contribution in [2.45, 2.75) is 51.1 Å². The zero-order chi connectivity index (χ0) is 10.5. The zero-order valence-corrected chi connectivity index (χ0v) is 9.73. The van der Waals surface area contributed by atoms with Crippen LogP contribution in [0.5, 0.6) is 0 Å². The van der Waals surface area contributed by atoms with Gasteiger partial charge in [0, 0.05) is 12.5 Å². The molecule has 16 heavy (non-hydrogen) atoms. The van der Waals surface area contributed by atoms with Gasteiger partial charge >= 0.3 is 0 Å². The van der Waals surface area contributed by atoms with Gasteiger partial charge < -0.3 is 0 Å². The molecule has 0 bridgehead atoms. The van der Waals surface area contributed by atoms with Gasteiger partial charge in [0.05, 0.1) is 11.4 Å². The fourth-order valence-electron chi connectivity index (χ4n) is 3.96. The van der Waals surface area contributed by atoms with Gasteiger partial charge in [-0.2, -0.15) is 5.10 Å². The Bertz CT molecular complexity index is 371. The van der Waals surface area contributed by atoms with Crippen molar-refractivity contribution >= 4 is 11.4 Å². The number of hydrogen-bond acceptors (Lipinski definition) is 3. The smallest absolute Gasteiger partial charge is 0.140 e. The number of nitrogens with zero attached hydrogens (tertiary/aromatic N) is 3. The van der Waals surface area contributed by atoms with Crippen LogP contribution in [0.25, 0.3) is 0 Å². The molecule has 2 aliphatic carbocycles. The molecule has 4 aliphatic rings. The molecule has 2 heterocycles. The minimum Gasteiger partial charge on any atom is -0.272 e. The summed E-state index contributed by atoms with van der Waals surface area (Å²) in [5, 5.41) is 7.16. The molecule has 86 valence electrons. The quantitative estimate of drug-likeness (QED) is 0.612. The highest BCUT2D eigenvalue weighted by Crippen LogP contribution is 2.42. The van der Waals surface area contributed by atoms with Crippen molar-refractivity contribution in [2.75, 3.05) is 6.54 Å². The Morgan fingerprint density at radius 1 is 1.00 bits per heavy atom. The lowest BCUT2D eigenvalue weighted by Gasteiger charge is -2.29. The second kappa shape index (κ2) is 3.31. The number of hydrogen-bond donors (Lipinski definition) is 0. The van der Waals surface area contributed by atoms with Gasteiger partial charge in [0.15, 0.2) is 0 Å². The van der Waals surface area contributed by atoms with E-state index >= 15 is 0 Å². The molecule has 2 aliphatic heterocycles. The summed E-state index contributed by atoms with van der Waals surface area (Å²) in [6.07, 6.45) is 9.66. The number of fused-ring (bicyclic) bond motifs is 4. The van der Waals surface area contributed by atoms with Crippen LogP contribution in [-0.4, -0.2) is 29.1 Å². The highest BCUT2D eigenvalue weighted by atomic mass is 15.5. The molecule has 4 rings (SSSR count). The molecule has 3 fully saturated rings. The molecule has 3 nitrogen and oxygen atoms in total. The van der Waals surface area contributed by atoms with Crippen LogP contribution in [0.15, 0.2) is 10.1 Å². The molecule has 0 amide bonds. The van der Waals surface area contributed by atoms with E-state index in [0.29, 0.717) is 6.17 Å². The van der Waals surface area contributed by atoms with Gasteiger partial charge in [0.2, 0.25) is 0 Å². The summed E-state index contributed by atoms with van der Waals surface area (Å²) in [5.74, 6) is 1.69. The molecule has 3 heteroatoms. The first-order valence-corrected chi connectivity index (χ1v) is 6.83. The first-order chi connectivity index (χ1) is 7.92. The van der Waals surface area contributed by atoms with Crippen LogP contribution in [-0.2, 0) is 0 Å². The maximum atomic E-state index is 5.00. The third-order valence-electron chi connectivity index (χ3n) is 4.78. The average molecular weight is 217 g/mol. The van der Waals surface area contributed by atoms with Gasteiger partial charge in [-0.3, -0.25) is 10.0 Å². The average Bonchev–Trinajstić information content (AvgIpc) is 2.88. The summed E-state index contributed by atoms with van der Waals surface area (Å²) in [7, 11) is 0. The molecule has 1 saturated heterocycles. The van der Waals surface area contributed by atoms with E-state index in [0.717, 1.165) is 18.3 Å². The van der Waals surface area contributed by atoms with Crippen molar-refractivity contribution in [3.63, 3.8) is 0 Å². The van der Waals surface area contributed by atoms with Crippen molar-refractivity contribution in [2.24, 2.45) is 21.9 Å². The van der Waals surface area contributed by atoms with E-state index in [-0.39, 0.29) is 0 Å². The van der Waals surface area contributed by atoms with E-state index in [2.05, 4.69) is 5.01 Å². The minimum atomic E-state index is 0.419. The molecule has 0 aromatic heterocycles. The SMILES string of the molecule is C1CC2=NC3C4CCCCC4CN3N=C2C1. The monoisotopic (exact) mass is 217 g/mol. The van der Waals surface area contributed by atoms with Crippen molar-refractivity contribution in [1.29, 1.82) is 0 Å². The van der Waals surface area contributed by atoms with E-state index in [1.165, 1.54) is 56.5 Å². The van der Waals surface area contributed by atoms with E-state index in [9.17, 15) is 0 Å². The normalized spacial score (nSPS) is 41.0. The van der Waals surface area contributed by atoms with Crippen molar-refractivity contribution in [3.05, 3.63) is 0 Å². The van der Waals surface area contributed by atoms with Gasteiger partial charge in [-0.15, -0.1) is 0 Å². The molecular formula is C13H19N3. The fraction of sp³-hybridized carbons (Fsp3) is 0.846. The van der Waals surface area contributed by atoms with Crippen LogP contribution >= 0.6 is 0 Å². The summed E-state index contributed by atoms with van der Waals surface area (Å²) >= 11 is 0. The standard InChI is InChI=1S/C13H19N3/c1-2-5-10-9(4-1)8-16-13(10)14-11-6-3-7-12(11)15-16/h9-10,13H,1-8H2. The van der Waals surface area contributed by atoms with E-state index in [1.54, 1.807) is 0 Å². The maximum Gasteiger partial charge on any atom is 0.140 e. The minimum absolute atomic E-state index is 0.419. The predicted octanol–water partition coefficient (Wildman–Crippen LogP) is 2.43. The van der Waals surface area contributed by atoms with Crippen LogP contribution in [0, 0.1) is 11.8 Å². The Hall–Kier alpha value is -0.860. The summed E-state index contributed by atoms with van der Waals surface area (Å²) < 4.78 is 0. The summed E-state index contributed by atoms with van der Waals surface area (Å²) in [6, 6.07) is 0. The molecule has 2 saturated carbocycles. The van der Waals surface area contributed by atoms with E-state index < -0.39 is 0 Å². The Labute approximate surface area is 96.6 Å². The van der Waals surface area contributed by atoms with Crippen LogP contribution < -0.4 is 0 Å². The third-order valence-corrected chi connectivity index (χ3v) is 4.78. The lowest BCUT2D eigenvalue weighted by Crippen LogP contribution is -2.34. The van der Waals surface area contributed by atoms with Crippen LogP contribution in [0.4, 0.5) is 0 Å². The molecule has 3 atom stereocenters. The lowest BCUT2D eigenvalue weighted by atomic mass is 9.80. The molecule has 0 aromatic carbocycles. The molecule has 3 unspecified atom stereocenters. The highest BCUT2D eigenvalue weighted by Gasteiger charge is 2.44. The molecule has 0 radical (unpaired) electrons. The Morgan fingerprint density at radius 2 is 1.88 bits per heavy atom. The highest BCUT2D eigenvalue weighted by molar-refractivity contribution is 6.44. The first-order valence-electron chi connectivity index (χ1n) is 6.83. The maximum absolute atomic E-state index is 5.00. The fourth-order valence-corrected chi connectivity index (χ4v) is 3.96. The molecular weight excluding hydrogens is 198 g/mol. The Morgan fingerprint density at radius 3 is 2.88 bits per heavy atom. The second-order valence-electron chi connectivity index (χ2n) is 5.72. The second-order valence-corrected chi connectivity index (χ2v) is 5.72. The van der Waals surface area contributed by atoms with Crippen LogP contribution in [0.1, 0.15) is 44.9 Å². The number of aliphatic imine (C=N–C) groups is 1. The van der Waals surface area contributed by atoms with E-state index in [4.69, 9.17) is 10.1 Å². The van der Waals surface area contributed by atoms with Crippen molar-refractivity contribution < 1.29 is 0 Å². The largest absolute Gasteiger partial charge is 0.272 e. The summed E-state index contributed by atoms with van der Waals surface area (Å²) in [6.45, 7) is 1.18. The number of hydrazone groups is 1. The zero-order valence-electron chi connectivity index (χ0n) is 9.73. The van der Waals surface area contributed by atoms with E-state index in [1.807, 2.05) is 0 Å². The van der Waals surface area contributed by atoms with Gasteiger partial charge in [-0.1, -0.05) is 12.8 Å². The number of rotatable bonds is 0. The molecule has 0 aromatic rings. The van der Waals surface area contributed by atoms with Gasteiger partial charge in [-0.05, 0) is 38.0 Å². The van der Waals surface area contributed by atoms with Crippen molar-refractivity contribution in [3.8, 4) is 0 Å². The molecule has 0 spiro atoms. The predicted molar refractivity (Wildman–Crippen MR) is 64.7 cm³/mol. The summed E-state index contributed by atoms with van der Waals surface area (Å²) in [4.78, 5) is 5.00. The van der Waals surface area contributed by atoms with Crippen LogP contribution in [0.3, 0.4) is 0 Å². The Kier molecular flexibility index (Phi) is 1.91. The van der Waals surface area contributed by atoms with Gasteiger partial charge in [0.1, 0.15) is 6.17 Å². The van der Waals surface area contributed by atoms with Crippen molar-refractivity contribution in [1.82, 2.24) is 5.01 Å². The van der Waals surface area contributed by atoms with Gasteiger partial charge in [-0.25, -0.2) is 0 Å². The third kappa shape index (κ3) is 1.20. The van der Waals surface area contributed by atoms with Crippen LogP contribution in [0.2, 0.25) is 0 Å². The Balaban J connectivity index is 1.67. The molecule has 0 N–H and O–H groups in total.